The van der Waals surface area contributed by atoms with Gasteiger partial charge in [0, 0.05) is 12.3 Å². The van der Waals surface area contributed by atoms with Crippen LogP contribution in [0.15, 0.2) is 18.2 Å². The van der Waals surface area contributed by atoms with Gasteiger partial charge in [-0.3, -0.25) is 4.79 Å². The van der Waals surface area contributed by atoms with Crippen LogP contribution in [0, 0.1) is 5.92 Å². The molecule has 0 bridgehead atoms. The van der Waals surface area contributed by atoms with Crippen LogP contribution in [0.2, 0.25) is 0 Å². The SMILES string of the molecule is CCC(=O)[C@H](C)COC(=O)c1ccc(OC)c(OC)c1. The van der Waals surface area contributed by atoms with Crippen molar-refractivity contribution in [3.8, 4) is 11.5 Å². The highest BCUT2D eigenvalue weighted by Crippen LogP contribution is 2.27. The Hall–Kier alpha value is -2.04. The van der Waals surface area contributed by atoms with Crippen molar-refractivity contribution in [1.82, 2.24) is 0 Å². The highest BCUT2D eigenvalue weighted by atomic mass is 16.5. The van der Waals surface area contributed by atoms with Crippen molar-refractivity contribution in [3.63, 3.8) is 0 Å². The third-order valence-electron chi connectivity index (χ3n) is 2.98. The number of Topliss-reactive ketones (excluding diaryl/α,β-unsaturated/α-hetero) is 1. The van der Waals surface area contributed by atoms with Crippen LogP contribution < -0.4 is 9.47 Å². The maximum absolute atomic E-state index is 11.9. The topological polar surface area (TPSA) is 61.8 Å². The van der Waals surface area contributed by atoms with Crippen LogP contribution >= 0.6 is 0 Å². The summed E-state index contributed by atoms with van der Waals surface area (Å²) in [6.07, 6.45) is 0.440. The van der Waals surface area contributed by atoms with E-state index >= 15 is 0 Å². The van der Waals surface area contributed by atoms with Gasteiger partial charge in [-0.05, 0) is 18.2 Å². The number of carbonyl (C=O) groups excluding carboxylic acids is 2. The van der Waals surface area contributed by atoms with Crippen molar-refractivity contribution in [1.29, 1.82) is 0 Å². The van der Waals surface area contributed by atoms with Gasteiger partial charge < -0.3 is 14.2 Å². The first-order chi connectivity index (χ1) is 9.53. The van der Waals surface area contributed by atoms with Crippen molar-refractivity contribution in [2.75, 3.05) is 20.8 Å². The maximum atomic E-state index is 11.9. The summed E-state index contributed by atoms with van der Waals surface area (Å²) in [5.74, 6) is 0.300. The van der Waals surface area contributed by atoms with E-state index in [-0.39, 0.29) is 18.3 Å². The largest absolute Gasteiger partial charge is 0.493 e. The lowest BCUT2D eigenvalue weighted by atomic mass is 10.1. The lowest BCUT2D eigenvalue weighted by molar-refractivity contribution is -0.123. The van der Waals surface area contributed by atoms with E-state index in [1.807, 2.05) is 0 Å². The quantitative estimate of drug-likeness (QED) is 0.718. The number of benzene rings is 1. The first kappa shape index (κ1) is 16.0. The summed E-state index contributed by atoms with van der Waals surface area (Å²) in [5, 5.41) is 0. The maximum Gasteiger partial charge on any atom is 0.338 e. The van der Waals surface area contributed by atoms with Crippen LogP contribution in [0.1, 0.15) is 30.6 Å². The van der Waals surface area contributed by atoms with Crippen LogP contribution in [-0.4, -0.2) is 32.6 Å². The smallest absolute Gasteiger partial charge is 0.338 e. The first-order valence-electron chi connectivity index (χ1n) is 6.45. The molecule has 0 unspecified atom stereocenters. The zero-order chi connectivity index (χ0) is 15.1. The molecule has 0 saturated carbocycles. The highest BCUT2D eigenvalue weighted by Gasteiger charge is 2.16. The lowest BCUT2D eigenvalue weighted by Crippen LogP contribution is -2.19. The number of rotatable bonds is 7. The molecule has 5 nitrogen and oxygen atoms in total. The lowest BCUT2D eigenvalue weighted by Gasteiger charge is -2.12. The number of carbonyl (C=O) groups is 2. The summed E-state index contributed by atoms with van der Waals surface area (Å²) in [5.41, 5.74) is 0.360. The summed E-state index contributed by atoms with van der Waals surface area (Å²) < 4.78 is 15.3. The second-order valence-electron chi connectivity index (χ2n) is 4.39. The Balaban J connectivity index is 2.71. The molecule has 1 aromatic carbocycles. The number of hydrogen-bond acceptors (Lipinski definition) is 5. The van der Waals surface area contributed by atoms with Gasteiger partial charge in [-0.15, -0.1) is 0 Å². The fraction of sp³-hybridized carbons (Fsp3) is 0.467. The van der Waals surface area contributed by atoms with Crippen LogP contribution in [-0.2, 0) is 9.53 Å². The van der Waals surface area contributed by atoms with Gasteiger partial charge in [0.15, 0.2) is 11.5 Å². The van der Waals surface area contributed by atoms with Crippen LogP contribution in [0.4, 0.5) is 0 Å². The Labute approximate surface area is 118 Å². The third kappa shape index (κ3) is 3.98. The molecular formula is C15H20O5. The molecule has 20 heavy (non-hydrogen) atoms. The molecule has 0 aliphatic heterocycles. The number of methoxy groups -OCH3 is 2. The molecule has 1 rings (SSSR count). The van der Waals surface area contributed by atoms with Crippen LogP contribution in [0.3, 0.4) is 0 Å². The molecule has 0 heterocycles. The minimum absolute atomic E-state index is 0.0742. The molecule has 0 aliphatic rings. The van der Waals surface area contributed by atoms with Crippen molar-refractivity contribution in [2.24, 2.45) is 5.92 Å². The van der Waals surface area contributed by atoms with E-state index in [2.05, 4.69) is 0 Å². The van der Waals surface area contributed by atoms with Gasteiger partial charge in [-0.25, -0.2) is 4.79 Å². The summed E-state index contributed by atoms with van der Waals surface area (Å²) >= 11 is 0. The zero-order valence-electron chi connectivity index (χ0n) is 12.3. The molecule has 0 amide bonds. The van der Waals surface area contributed by atoms with Gasteiger partial charge in [-0.1, -0.05) is 13.8 Å². The van der Waals surface area contributed by atoms with E-state index < -0.39 is 5.97 Å². The predicted octanol–water partition coefficient (Wildman–Crippen LogP) is 2.48. The molecule has 0 fully saturated rings. The van der Waals surface area contributed by atoms with Gasteiger partial charge >= 0.3 is 5.97 Å². The van der Waals surface area contributed by atoms with E-state index in [0.29, 0.717) is 23.5 Å². The highest BCUT2D eigenvalue weighted by molar-refractivity contribution is 5.90. The second-order valence-corrected chi connectivity index (χ2v) is 4.39. The molecule has 0 saturated heterocycles. The summed E-state index contributed by atoms with van der Waals surface area (Å²) in [6, 6.07) is 4.78. The molecule has 0 N–H and O–H groups in total. The van der Waals surface area contributed by atoms with E-state index in [9.17, 15) is 9.59 Å². The minimum Gasteiger partial charge on any atom is -0.493 e. The predicted molar refractivity (Wildman–Crippen MR) is 74.3 cm³/mol. The molecule has 5 heteroatoms. The first-order valence-corrected chi connectivity index (χ1v) is 6.45. The standard InChI is InChI=1S/C15H20O5/c1-5-12(16)10(2)9-20-15(17)11-6-7-13(18-3)14(8-11)19-4/h6-8,10H,5,9H2,1-4H3/t10-/m1/s1. The number of esters is 1. The van der Waals surface area contributed by atoms with Gasteiger partial charge in [0.1, 0.15) is 12.4 Å². The zero-order valence-corrected chi connectivity index (χ0v) is 12.3. The number of hydrogen-bond donors (Lipinski definition) is 0. The molecular weight excluding hydrogens is 260 g/mol. The molecule has 0 radical (unpaired) electrons. The molecule has 110 valence electrons. The molecule has 0 aromatic heterocycles. The van der Waals surface area contributed by atoms with Crippen LogP contribution in [0.25, 0.3) is 0 Å². The average molecular weight is 280 g/mol. The van der Waals surface area contributed by atoms with Gasteiger partial charge in [0.2, 0.25) is 0 Å². The minimum atomic E-state index is -0.485. The van der Waals surface area contributed by atoms with Gasteiger partial charge in [0.25, 0.3) is 0 Å². The van der Waals surface area contributed by atoms with E-state index in [0.717, 1.165) is 0 Å². The van der Waals surface area contributed by atoms with Crippen molar-refractivity contribution < 1.29 is 23.8 Å². The Bertz CT molecular complexity index is 481. The Morgan fingerprint density at radius 2 is 1.80 bits per heavy atom. The van der Waals surface area contributed by atoms with E-state index in [1.54, 1.807) is 32.0 Å². The van der Waals surface area contributed by atoms with Crippen molar-refractivity contribution in [3.05, 3.63) is 23.8 Å². The summed E-state index contributed by atoms with van der Waals surface area (Å²) in [4.78, 5) is 23.3. The average Bonchev–Trinajstić information content (AvgIpc) is 2.50. The Kier molecular flexibility index (Phi) is 6.03. The molecule has 0 spiro atoms. The van der Waals surface area contributed by atoms with Crippen LogP contribution in [0.5, 0.6) is 11.5 Å². The van der Waals surface area contributed by atoms with Gasteiger partial charge in [0.05, 0.1) is 19.8 Å². The molecule has 0 aliphatic carbocycles. The fourth-order valence-electron chi connectivity index (χ4n) is 1.69. The van der Waals surface area contributed by atoms with E-state index in [4.69, 9.17) is 14.2 Å². The second kappa shape index (κ2) is 7.53. The third-order valence-corrected chi connectivity index (χ3v) is 2.98. The number of ketones is 1. The Morgan fingerprint density at radius 3 is 2.35 bits per heavy atom. The fourth-order valence-corrected chi connectivity index (χ4v) is 1.69. The summed E-state index contributed by atoms with van der Waals surface area (Å²) in [6.45, 7) is 3.61. The Morgan fingerprint density at radius 1 is 1.15 bits per heavy atom. The van der Waals surface area contributed by atoms with Crippen molar-refractivity contribution >= 4 is 11.8 Å². The van der Waals surface area contributed by atoms with Gasteiger partial charge in [-0.2, -0.15) is 0 Å². The summed E-state index contributed by atoms with van der Waals surface area (Å²) in [7, 11) is 3.02. The normalized spacial score (nSPS) is 11.6. The number of ether oxygens (including phenoxy) is 3. The molecule has 1 aromatic rings. The van der Waals surface area contributed by atoms with Crippen molar-refractivity contribution in [2.45, 2.75) is 20.3 Å². The molecule has 1 atom stereocenters. The monoisotopic (exact) mass is 280 g/mol. The van der Waals surface area contributed by atoms with E-state index in [1.165, 1.54) is 14.2 Å².